The molecule has 0 spiro atoms. The SMILES string of the molecule is CCn1c(SCC(=O)N/N=C\c2ccco2)nnc1-c1ccc(C(C)(C)C)cc1. The molecule has 0 atom stereocenters. The first-order valence-corrected chi connectivity index (χ1v) is 10.4. The van der Waals surface area contributed by atoms with Gasteiger partial charge in [-0.1, -0.05) is 56.8 Å². The van der Waals surface area contributed by atoms with Crippen molar-refractivity contribution in [2.45, 2.75) is 44.8 Å². The zero-order valence-electron chi connectivity index (χ0n) is 17.0. The highest BCUT2D eigenvalue weighted by molar-refractivity contribution is 7.99. The summed E-state index contributed by atoms with van der Waals surface area (Å²) in [5.41, 5.74) is 4.86. The molecule has 1 amide bonds. The maximum Gasteiger partial charge on any atom is 0.250 e. The van der Waals surface area contributed by atoms with Crippen LogP contribution in [0.2, 0.25) is 0 Å². The molecule has 1 aromatic carbocycles. The average molecular weight is 412 g/mol. The van der Waals surface area contributed by atoms with Crippen molar-refractivity contribution in [2.75, 3.05) is 5.75 Å². The van der Waals surface area contributed by atoms with Crippen LogP contribution in [0.5, 0.6) is 0 Å². The van der Waals surface area contributed by atoms with Gasteiger partial charge >= 0.3 is 0 Å². The van der Waals surface area contributed by atoms with Crippen molar-refractivity contribution in [2.24, 2.45) is 5.10 Å². The van der Waals surface area contributed by atoms with E-state index in [4.69, 9.17) is 4.42 Å². The highest BCUT2D eigenvalue weighted by atomic mass is 32.2. The van der Waals surface area contributed by atoms with Gasteiger partial charge in [0.1, 0.15) is 5.76 Å². The van der Waals surface area contributed by atoms with Gasteiger partial charge in [-0.3, -0.25) is 4.79 Å². The minimum Gasteiger partial charge on any atom is -0.463 e. The molecule has 152 valence electrons. The third kappa shape index (κ3) is 5.35. The maximum absolute atomic E-state index is 12.0. The Kier molecular flexibility index (Phi) is 6.53. The van der Waals surface area contributed by atoms with Crippen molar-refractivity contribution >= 4 is 23.9 Å². The molecule has 29 heavy (non-hydrogen) atoms. The molecule has 2 heterocycles. The van der Waals surface area contributed by atoms with E-state index in [1.807, 2.05) is 11.5 Å². The van der Waals surface area contributed by atoms with Crippen molar-refractivity contribution in [3.63, 3.8) is 0 Å². The zero-order valence-corrected chi connectivity index (χ0v) is 17.9. The van der Waals surface area contributed by atoms with Crippen LogP contribution in [0.15, 0.2) is 57.3 Å². The molecule has 0 saturated carbocycles. The number of hydrogen-bond acceptors (Lipinski definition) is 6. The smallest absolute Gasteiger partial charge is 0.250 e. The minimum atomic E-state index is -0.223. The fourth-order valence-corrected chi connectivity index (χ4v) is 3.50. The van der Waals surface area contributed by atoms with Crippen molar-refractivity contribution < 1.29 is 9.21 Å². The third-order valence-electron chi connectivity index (χ3n) is 4.30. The van der Waals surface area contributed by atoms with Crippen LogP contribution < -0.4 is 5.43 Å². The molecule has 2 aromatic heterocycles. The van der Waals surface area contributed by atoms with E-state index in [0.29, 0.717) is 17.5 Å². The third-order valence-corrected chi connectivity index (χ3v) is 5.27. The minimum absolute atomic E-state index is 0.102. The summed E-state index contributed by atoms with van der Waals surface area (Å²) in [6, 6.07) is 11.9. The van der Waals surface area contributed by atoms with Gasteiger partial charge in [-0.2, -0.15) is 5.10 Å². The molecule has 8 heteroatoms. The molecule has 0 aliphatic rings. The first kappa shape index (κ1) is 20.9. The number of hydrazone groups is 1. The Hall–Kier alpha value is -2.87. The lowest BCUT2D eigenvalue weighted by molar-refractivity contribution is -0.118. The molecule has 3 aromatic rings. The number of furan rings is 1. The average Bonchev–Trinajstić information content (AvgIpc) is 3.35. The van der Waals surface area contributed by atoms with E-state index < -0.39 is 0 Å². The summed E-state index contributed by atoms with van der Waals surface area (Å²) in [5.74, 6) is 1.34. The molecule has 0 fully saturated rings. The Balaban J connectivity index is 1.64. The zero-order chi connectivity index (χ0) is 20.9. The molecule has 7 nitrogen and oxygen atoms in total. The van der Waals surface area contributed by atoms with Crippen LogP contribution in [0.25, 0.3) is 11.4 Å². The number of carbonyl (C=O) groups is 1. The van der Waals surface area contributed by atoms with Crippen LogP contribution in [0.4, 0.5) is 0 Å². The number of thioether (sulfide) groups is 1. The van der Waals surface area contributed by atoms with E-state index in [1.165, 1.54) is 23.5 Å². The number of hydrogen-bond donors (Lipinski definition) is 1. The normalized spacial score (nSPS) is 11.9. The Labute approximate surface area is 174 Å². The molecule has 0 bridgehead atoms. The van der Waals surface area contributed by atoms with E-state index in [-0.39, 0.29) is 17.1 Å². The van der Waals surface area contributed by atoms with Gasteiger partial charge in [0, 0.05) is 12.1 Å². The number of benzene rings is 1. The molecule has 0 aliphatic heterocycles. The Morgan fingerprint density at radius 3 is 2.62 bits per heavy atom. The number of carbonyl (C=O) groups excluding carboxylic acids is 1. The first-order valence-electron chi connectivity index (χ1n) is 9.41. The highest BCUT2D eigenvalue weighted by Crippen LogP contribution is 2.27. The summed E-state index contributed by atoms with van der Waals surface area (Å²) < 4.78 is 7.13. The van der Waals surface area contributed by atoms with Crippen molar-refractivity contribution in [1.29, 1.82) is 0 Å². The highest BCUT2D eigenvalue weighted by Gasteiger charge is 2.17. The molecule has 3 rings (SSSR count). The molecular weight excluding hydrogens is 386 g/mol. The summed E-state index contributed by atoms with van der Waals surface area (Å²) in [4.78, 5) is 12.0. The summed E-state index contributed by atoms with van der Waals surface area (Å²) >= 11 is 1.33. The summed E-state index contributed by atoms with van der Waals surface area (Å²) in [7, 11) is 0. The van der Waals surface area contributed by atoms with Crippen LogP contribution in [0, 0.1) is 0 Å². The van der Waals surface area contributed by atoms with E-state index >= 15 is 0 Å². The van der Waals surface area contributed by atoms with Gasteiger partial charge in [-0.15, -0.1) is 10.2 Å². The van der Waals surface area contributed by atoms with Crippen LogP contribution in [-0.2, 0) is 16.8 Å². The quantitative estimate of drug-likeness (QED) is 0.359. The lowest BCUT2D eigenvalue weighted by atomic mass is 9.87. The van der Waals surface area contributed by atoms with Crippen LogP contribution in [-0.4, -0.2) is 32.6 Å². The fraction of sp³-hybridized carbons (Fsp3) is 0.333. The van der Waals surface area contributed by atoms with Gasteiger partial charge in [0.05, 0.1) is 18.2 Å². The molecule has 0 radical (unpaired) electrons. The van der Waals surface area contributed by atoms with Gasteiger partial charge in [0.25, 0.3) is 5.91 Å². The van der Waals surface area contributed by atoms with Crippen molar-refractivity contribution in [1.82, 2.24) is 20.2 Å². The van der Waals surface area contributed by atoms with Crippen LogP contribution in [0.3, 0.4) is 0 Å². The first-order chi connectivity index (χ1) is 13.9. The standard InChI is InChI=1S/C21H25N5O2S/c1-5-26-19(15-8-10-16(11-9-15)21(2,3)4)24-25-20(26)29-14-18(27)23-22-13-17-7-6-12-28-17/h6-13H,5,14H2,1-4H3,(H,23,27)/b22-13-. The van der Waals surface area contributed by atoms with Crippen LogP contribution in [0.1, 0.15) is 39.0 Å². The number of aromatic nitrogens is 3. The second-order valence-electron chi connectivity index (χ2n) is 7.48. The molecule has 0 aliphatic carbocycles. The second kappa shape index (κ2) is 9.09. The van der Waals surface area contributed by atoms with E-state index in [9.17, 15) is 4.79 Å². The summed E-state index contributed by atoms with van der Waals surface area (Å²) in [5, 5.41) is 13.2. The van der Waals surface area contributed by atoms with Gasteiger partial charge in [-0.05, 0) is 30.0 Å². The van der Waals surface area contributed by atoms with E-state index in [0.717, 1.165) is 11.4 Å². The van der Waals surface area contributed by atoms with Crippen molar-refractivity contribution in [3.05, 3.63) is 54.0 Å². The summed E-state index contributed by atoms with van der Waals surface area (Å²) in [6.45, 7) is 9.32. The van der Waals surface area contributed by atoms with Crippen molar-refractivity contribution in [3.8, 4) is 11.4 Å². The number of nitrogens with one attached hydrogen (secondary N) is 1. The second-order valence-corrected chi connectivity index (χ2v) is 8.42. The molecule has 0 saturated heterocycles. The lowest BCUT2D eigenvalue weighted by Gasteiger charge is -2.19. The van der Waals surface area contributed by atoms with E-state index in [2.05, 4.69) is 65.8 Å². The number of rotatable bonds is 7. The monoisotopic (exact) mass is 411 g/mol. The number of nitrogens with zero attached hydrogens (tertiary/aromatic N) is 4. The lowest BCUT2D eigenvalue weighted by Crippen LogP contribution is -2.20. The molecule has 1 N–H and O–H groups in total. The van der Waals surface area contributed by atoms with Gasteiger partial charge < -0.3 is 8.98 Å². The fourth-order valence-electron chi connectivity index (χ4n) is 2.71. The molecular formula is C21H25N5O2S. The summed E-state index contributed by atoms with van der Waals surface area (Å²) in [6.07, 6.45) is 3.00. The topological polar surface area (TPSA) is 85.3 Å². The predicted octanol–water partition coefficient (Wildman–Crippen LogP) is 4.10. The maximum atomic E-state index is 12.0. The van der Waals surface area contributed by atoms with Gasteiger partial charge in [0.2, 0.25) is 0 Å². The van der Waals surface area contributed by atoms with E-state index in [1.54, 1.807) is 18.4 Å². The van der Waals surface area contributed by atoms with Gasteiger partial charge in [0.15, 0.2) is 11.0 Å². The van der Waals surface area contributed by atoms with Crippen LogP contribution >= 0.6 is 11.8 Å². The Morgan fingerprint density at radius 2 is 2.00 bits per heavy atom. The molecule has 0 unspecified atom stereocenters. The Morgan fingerprint density at radius 1 is 1.24 bits per heavy atom. The van der Waals surface area contributed by atoms with Gasteiger partial charge in [-0.25, -0.2) is 5.43 Å². The number of amides is 1. The largest absolute Gasteiger partial charge is 0.463 e. The predicted molar refractivity (Wildman–Crippen MR) is 115 cm³/mol. The Bertz CT molecular complexity index is 970.